The smallest absolute Gasteiger partial charge is 0.343 e. The molecule has 1 fully saturated rings. The second-order valence-electron chi connectivity index (χ2n) is 5.74. The Morgan fingerprint density at radius 2 is 1.79 bits per heavy atom. The number of carbonyl (C=O) groups excluding carboxylic acids is 1. The molecule has 0 N–H and O–H groups in total. The fourth-order valence-electron chi connectivity index (χ4n) is 2.72. The van der Waals surface area contributed by atoms with Crippen molar-refractivity contribution >= 4 is 5.91 Å². The molecule has 9 heteroatoms. The molecule has 1 aliphatic heterocycles. The number of aromatic nitrogens is 1. The summed E-state index contributed by atoms with van der Waals surface area (Å²) in [7, 11) is 0. The van der Waals surface area contributed by atoms with Crippen molar-refractivity contribution in [3.63, 3.8) is 0 Å². The number of hydrogen-bond donors (Lipinski definition) is 0. The highest BCUT2D eigenvalue weighted by atomic mass is 19.4. The Bertz CT molecular complexity index is 576. The number of hydrogen-bond acceptors (Lipinski definition) is 2. The lowest BCUT2D eigenvalue weighted by atomic mass is 9.89. The van der Waals surface area contributed by atoms with Gasteiger partial charge in [0.05, 0.1) is 6.42 Å². The summed E-state index contributed by atoms with van der Waals surface area (Å²) in [5, 5.41) is 0. The number of likely N-dealkylation sites (tertiary alicyclic amines) is 1. The minimum atomic E-state index is -4.52. The Labute approximate surface area is 134 Å². The third-order valence-electron chi connectivity index (χ3n) is 4.02. The number of alkyl halides is 6. The third-order valence-corrected chi connectivity index (χ3v) is 4.02. The van der Waals surface area contributed by atoms with E-state index in [0.717, 1.165) is 12.3 Å². The summed E-state index contributed by atoms with van der Waals surface area (Å²) < 4.78 is 74.4. The summed E-state index contributed by atoms with van der Waals surface area (Å²) in [5.41, 5.74) is -0.483. The Balaban J connectivity index is 1.92. The quantitative estimate of drug-likeness (QED) is 0.764. The van der Waals surface area contributed by atoms with Crippen LogP contribution in [0.2, 0.25) is 0 Å². The molecule has 1 aliphatic rings. The van der Waals surface area contributed by atoms with E-state index in [-0.39, 0.29) is 19.0 Å². The zero-order valence-electron chi connectivity index (χ0n) is 12.6. The van der Waals surface area contributed by atoms with Gasteiger partial charge < -0.3 is 4.90 Å². The second-order valence-corrected chi connectivity index (χ2v) is 5.74. The summed E-state index contributed by atoms with van der Waals surface area (Å²) in [5.74, 6) is -0.739. The Morgan fingerprint density at radius 1 is 1.17 bits per heavy atom. The van der Waals surface area contributed by atoms with Gasteiger partial charge in [0.15, 0.2) is 0 Å². The minimum Gasteiger partial charge on any atom is -0.343 e. The first kappa shape index (κ1) is 18.5. The van der Waals surface area contributed by atoms with Gasteiger partial charge >= 0.3 is 12.4 Å². The molecule has 1 amide bonds. The van der Waals surface area contributed by atoms with Gasteiger partial charge in [0.25, 0.3) is 0 Å². The SMILES string of the molecule is O=C(CCC(F)(F)F)N1CCC(c2ccnc(C(F)(F)F)c2)CC1. The highest BCUT2D eigenvalue weighted by molar-refractivity contribution is 5.76. The first-order valence-electron chi connectivity index (χ1n) is 7.44. The molecule has 2 heterocycles. The van der Waals surface area contributed by atoms with Crippen LogP contribution in [0.25, 0.3) is 0 Å². The van der Waals surface area contributed by atoms with E-state index in [0.29, 0.717) is 18.4 Å². The fraction of sp³-hybridized carbons (Fsp3) is 0.600. The number of carbonyl (C=O) groups is 1. The molecule has 1 aromatic rings. The first-order chi connectivity index (χ1) is 11.1. The molecular formula is C15H16F6N2O. The van der Waals surface area contributed by atoms with Crippen LogP contribution in [0.5, 0.6) is 0 Å². The molecule has 1 saturated heterocycles. The zero-order chi connectivity index (χ0) is 18.0. The lowest BCUT2D eigenvalue weighted by molar-refractivity contribution is -0.149. The van der Waals surface area contributed by atoms with Crippen LogP contribution in [-0.4, -0.2) is 35.1 Å². The minimum absolute atomic E-state index is 0.166. The predicted molar refractivity (Wildman–Crippen MR) is 73.1 cm³/mol. The molecule has 0 aromatic carbocycles. The van der Waals surface area contributed by atoms with Crippen LogP contribution in [0.1, 0.15) is 42.9 Å². The molecular weight excluding hydrogens is 338 g/mol. The van der Waals surface area contributed by atoms with Crippen LogP contribution in [0.3, 0.4) is 0 Å². The molecule has 134 valence electrons. The number of pyridine rings is 1. The normalized spacial score (nSPS) is 17.2. The summed E-state index contributed by atoms with van der Waals surface area (Å²) in [6.45, 7) is 0.482. The van der Waals surface area contributed by atoms with Crippen molar-refractivity contribution in [1.29, 1.82) is 0 Å². The van der Waals surface area contributed by atoms with Crippen molar-refractivity contribution in [2.24, 2.45) is 0 Å². The van der Waals surface area contributed by atoms with E-state index in [9.17, 15) is 31.1 Å². The zero-order valence-corrected chi connectivity index (χ0v) is 12.6. The highest BCUT2D eigenvalue weighted by Crippen LogP contribution is 2.33. The molecule has 0 aliphatic carbocycles. The largest absolute Gasteiger partial charge is 0.433 e. The van der Waals surface area contributed by atoms with E-state index in [2.05, 4.69) is 4.98 Å². The molecule has 2 rings (SSSR count). The first-order valence-corrected chi connectivity index (χ1v) is 7.44. The number of nitrogens with zero attached hydrogens (tertiary/aromatic N) is 2. The van der Waals surface area contributed by atoms with Gasteiger partial charge in [0, 0.05) is 25.7 Å². The molecule has 24 heavy (non-hydrogen) atoms. The Morgan fingerprint density at radius 3 is 2.33 bits per heavy atom. The van der Waals surface area contributed by atoms with Crippen molar-refractivity contribution in [2.45, 2.75) is 44.0 Å². The van der Waals surface area contributed by atoms with Gasteiger partial charge in [0.2, 0.25) is 5.91 Å². The second kappa shape index (κ2) is 6.98. The van der Waals surface area contributed by atoms with Crippen molar-refractivity contribution < 1.29 is 31.1 Å². The van der Waals surface area contributed by atoms with Gasteiger partial charge in [0.1, 0.15) is 5.69 Å². The highest BCUT2D eigenvalue weighted by Gasteiger charge is 2.34. The van der Waals surface area contributed by atoms with Crippen molar-refractivity contribution in [3.8, 4) is 0 Å². The van der Waals surface area contributed by atoms with Gasteiger partial charge in [-0.1, -0.05) is 0 Å². The predicted octanol–water partition coefficient (Wildman–Crippen LogP) is 4.15. The van der Waals surface area contributed by atoms with E-state index in [4.69, 9.17) is 0 Å². The van der Waals surface area contributed by atoms with Crippen molar-refractivity contribution in [2.75, 3.05) is 13.1 Å². The van der Waals surface area contributed by atoms with Gasteiger partial charge in [-0.15, -0.1) is 0 Å². The number of amides is 1. The van der Waals surface area contributed by atoms with Gasteiger partial charge in [-0.25, -0.2) is 0 Å². The topological polar surface area (TPSA) is 33.2 Å². The van der Waals surface area contributed by atoms with Gasteiger partial charge in [-0.05, 0) is 36.5 Å². The average Bonchev–Trinajstić information content (AvgIpc) is 2.51. The summed E-state index contributed by atoms with van der Waals surface area (Å²) in [6, 6.07) is 2.49. The molecule has 0 radical (unpaired) electrons. The summed E-state index contributed by atoms with van der Waals surface area (Å²) in [6.07, 6.45) is -8.73. The standard InChI is InChI=1S/C15H16F6N2O/c16-14(17,18)5-1-13(24)23-7-3-10(4-8-23)11-2-6-22-12(9-11)15(19,20)21/h2,6,9-10H,1,3-5,7-8H2. The van der Waals surface area contributed by atoms with Crippen molar-refractivity contribution in [3.05, 3.63) is 29.6 Å². The van der Waals surface area contributed by atoms with E-state index in [1.807, 2.05) is 0 Å². The van der Waals surface area contributed by atoms with Crippen LogP contribution < -0.4 is 0 Å². The Hall–Kier alpha value is -1.80. The maximum Gasteiger partial charge on any atom is 0.433 e. The molecule has 3 nitrogen and oxygen atoms in total. The van der Waals surface area contributed by atoms with Crippen molar-refractivity contribution in [1.82, 2.24) is 9.88 Å². The number of piperidine rings is 1. The van der Waals surface area contributed by atoms with Crippen LogP contribution in [0, 0.1) is 0 Å². The van der Waals surface area contributed by atoms with E-state index >= 15 is 0 Å². The molecule has 0 spiro atoms. The van der Waals surface area contributed by atoms with Crippen LogP contribution in [-0.2, 0) is 11.0 Å². The van der Waals surface area contributed by atoms with E-state index in [1.165, 1.54) is 11.0 Å². The lowest BCUT2D eigenvalue weighted by Gasteiger charge is -2.32. The van der Waals surface area contributed by atoms with E-state index < -0.39 is 36.8 Å². The third kappa shape index (κ3) is 5.10. The van der Waals surface area contributed by atoms with Gasteiger partial charge in [-0.3, -0.25) is 9.78 Å². The molecule has 0 unspecified atom stereocenters. The number of rotatable bonds is 3. The van der Waals surface area contributed by atoms with E-state index in [1.54, 1.807) is 0 Å². The maximum absolute atomic E-state index is 12.7. The monoisotopic (exact) mass is 354 g/mol. The molecule has 0 bridgehead atoms. The lowest BCUT2D eigenvalue weighted by Crippen LogP contribution is -2.38. The fourth-order valence-corrected chi connectivity index (χ4v) is 2.72. The maximum atomic E-state index is 12.7. The van der Waals surface area contributed by atoms with Crippen LogP contribution in [0.4, 0.5) is 26.3 Å². The summed E-state index contributed by atoms with van der Waals surface area (Å²) >= 11 is 0. The number of halogens is 6. The van der Waals surface area contributed by atoms with Gasteiger partial charge in [-0.2, -0.15) is 26.3 Å². The molecule has 0 atom stereocenters. The van der Waals surface area contributed by atoms with Crippen LogP contribution in [0.15, 0.2) is 18.3 Å². The molecule has 1 aromatic heterocycles. The average molecular weight is 354 g/mol. The molecule has 0 saturated carbocycles. The Kier molecular flexibility index (Phi) is 5.39. The van der Waals surface area contributed by atoms with Crippen LogP contribution >= 0.6 is 0 Å². The summed E-state index contributed by atoms with van der Waals surface area (Å²) in [4.78, 5) is 16.4.